The van der Waals surface area contributed by atoms with Gasteiger partial charge in [-0.15, -0.1) is 0 Å². The minimum absolute atomic E-state index is 0.169. The van der Waals surface area contributed by atoms with Gasteiger partial charge in [-0.25, -0.2) is 4.39 Å². The Labute approximate surface area is 87.4 Å². The molecule has 0 unspecified atom stereocenters. The van der Waals surface area contributed by atoms with Crippen molar-refractivity contribution < 1.29 is 4.39 Å². The summed E-state index contributed by atoms with van der Waals surface area (Å²) < 4.78 is 12.8. The second-order valence-corrected chi connectivity index (χ2v) is 4.05. The fourth-order valence-electron chi connectivity index (χ4n) is 1.57. The Morgan fingerprint density at radius 2 is 2.14 bits per heavy atom. The molecule has 1 fully saturated rings. The first-order chi connectivity index (χ1) is 6.65. The van der Waals surface area contributed by atoms with Gasteiger partial charge in [-0.05, 0) is 30.5 Å². The number of hydrogen-bond donors (Lipinski definition) is 1. The van der Waals surface area contributed by atoms with Crippen molar-refractivity contribution in [3.63, 3.8) is 0 Å². The molecule has 14 heavy (non-hydrogen) atoms. The summed E-state index contributed by atoms with van der Waals surface area (Å²) in [6.07, 6.45) is 3.90. The molecule has 1 aliphatic rings. The predicted octanol–water partition coefficient (Wildman–Crippen LogP) is 2.98. The third-order valence-corrected chi connectivity index (χ3v) is 2.65. The fraction of sp³-hybridized carbons (Fsp3) is 0.273. The second-order valence-electron chi connectivity index (χ2n) is 3.64. The lowest BCUT2D eigenvalue weighted by Crippen LogP contribution is -2.29. The highest BCUT2D eigenvalue weighted by molar-refractivity contribution is 6.30. The molecule has 74 valence electrons. The van der Waals surface area contributed by atoms with E-state index in [2.05, 4.69) is 0 Å². The van der Waals surface area contributed by atoms with Crippen LogP contribution in [0.5, 0.6) is 0 Å². The van der Waals surface area contributed by atoms with Gasteiger partial charge in [0.2, 0.25) is 0 Å². The van der Waals surface area contributed by atoms with Gasteiger partial charge in [0.1, 0.15) is 5.82 Å². The Morgan fingerprint density at radius 3 is 2.71 bits per heavy atom. The number of hydrogen-bond acceptors (Lipinski definition) is 1. The molecule has 1 saturated carbocycles. The average molecular weight is 212 g/mol. The van der Waals surface area contributed by atoms with Crippen molar-refractivity contribution in [2.24, 2.45) is 5.73 Å². The van der Waals surface area contributed by atoms with E-state index < -0.39 is 0 Å². The zero-order valence-corrected chi connectivity index (χ0v) is 8.39. The van der Waals surface area contributed by atoms with Crippen molar-refractivity contribution in [1.29, 1.82) is 0 Å². The van der Waals surface area contributed by atoms with E-state index in [0.717, 1.165) is 18.4 Å². The van der Waals surface area contributed by atoms with Crippen LogP contribution in [-0.2, 0) is 0 Å². The predicted molar refractivity (Wildman–Crippen MR) is 56.6 cm³/mol. The maximum atomic E-state index is 12.8. The molecule has 1 aliphatic carbocycles. The molecule has 2 N–H and O–H groups in total. The summed E-state index contributed by atoms with van der Waals surface area (Å²) >= 11 is 5.66. The van der Waals surface area contributed by atoms with Crippen molar-refractivity contribution in [1.82, 2.24) is 0 Å². The van der Waals surface area contributed by atoms with Crippen LogP contribution in [0.2, 0.25) is 5.02 Å². The van der Waals surface area contributed by atoms with Gasteiger partial charge < -0.3 is 5.73 Å². The minimum atomic E-state index is -0.376. The molecule has 0 bridgehead atoms. The lowest BCUT2D eigenvalue weighted by atomic mass is 9.86. The normalized spacial score (nSPS) is 20.5. The Hall–Kier alpha value is -0.860. The Morgan fingerprint density at radius 1 is 1.43 bits per heavy atom. The molecule has 1 aromatic rings. The van der Waals surface area contributed by atoms with Crippen LogP contribution in [0, 0.1) is 5.82 Å². The topological polar surface area (TPSA) is 26.0 Å². The van der Waals surface area contributed by atoms with E-state index in [-0.39, 0.29) is 10.8 Å². The molecule has 0 heterocycles. The second kappa shape index (κ2) is 3.71. The summed E-state index contributed by atoms with van der Waals surface area (Å²) in [5, 5.41) is 0.169. The van der Waals surface area contributed by atoms with Crippen LogP contribution in [0.3, 0.4) is 0 Å². The van der Waals surface area contributed by atoms with Gasteiger partial charge in [-0.1, -0.05) is 29.3 Å². The molecule has 1 aromatic carbocycles. The third kappa shape index (κ3) is 1.97. The van der Waals surface area contributed by atoms with Crippen LogP contribution in [0.15, 0.2) is 23.8 Å². The summed E-state index contributed by atoms with van der Waals surface area (Å²) in [5.74, 6) is -0.376. The maximum Gasteiger partial charge on any atom is 0.141 e. The van der Waals surface area contributed by atoms with Crippen LogP contribution in [0.25, 0.3) is 6.08 Å². The Balaban J connectivity index is 2.18. The molecule has 0 saturated heterocycles. The fourth-order valence-corrected chi connectivity index (χ4v) is 1.76. The Kier molecular flexibility index (Phi) is 2.57. The van der Waals surface area contributed by atoms with Crippen LogP contribution < -0.4 is 5.73 Å². The van der Waals surface area contributed by atoms with Gasteiger partial charge in [-0.3, -0.25) is 0 Å². The zero-order valence-electron chi connectivity index (χ0n) is 7.63. The van der Waals surface area contributed by atoms with Gasteiger partial charge in [-0.2, -0.15) is 0 Å². The van der Waals surface area contributed by atoms with Crippen LogP contribution in [0.4, 0.5) is 4.39 Å². The lowest BCUT2D eigenvalue weighted by Gasteiger charge is -2.25. The van der Waals surface area contributed by atoms with E-state index in [9.17, 15) is 4.39 Å². The van der Waals surface area contributed by atoms with Gasteiger partial charge in [0, 0.05) is 6.04 Å². The third-order valence-electron chi connectivity index (χ3n) is 2.36. The molecule has 0 amide bonds. The van der Waals surface area contributed by atoms with E-state index in [1.165, 1.54) is 11.6 Å². The first kappa shape index (κ1) is 9.69. The molecule has 3 heteroatoms. The quantitative estimate of drug-likeness (QED) is 0.760. The summed E-state index contributed by atoms with van der Waals surface area (Å²) in [7, 11) is 0. The molecule has 0 radical (unpaired) electrons. The summed E-state index contributed by atoms with van der Waals surface area (Å²) in [6.45, 7) is 0. The number of halogens is 2. The van der Waals surface area contributed by atoms with E-state index >= 15 is 0 Å². The Bertz CT molecular complexity index is 379. The van der Waals surface area contributed by atoms with Gasteiger partial charge in [0.15, 0.2) is 0 Å². The van der Waals surface area contributed by atoms with Gasteiger partial charge >= 0.3 is 0 Å². The number of nitrogens with two attached hydrogens (primary N) is 1. The lowest BCUT2D eigenvalue weighted by molar-refractivity contribution is 0.547. The smallest absolute Gasteiger partial charge is 0.141 e. The van der Waals surface area contributed by atoms with Crippen molar-refractivity contribution in [3.05, 3.63) is 40.2 Å². The number of benzene rings is 1. The van der Waals surface area contributed by atoms with E-state index in [1.54, 1.807) is 12.1 Å². The zero-order chi connectivity index (χ0) is 10.1. The van der Waals surface area contributed by atoms with Crippen LogP contribution in [0.1, 0.15) is 18.4 Å². The van der Waals surface area contributed by atoms with E-state index in [4.69, 9.17) is 17.3 Å². The highest BCUT2D eigenvalue weighted by Gasteiger charge is 2.18. The molecular formula is C11H11ClFN. The van der Waals surface area contributed by atoms with Crippen molar-refractivity contribution in [3.8, 4) is 0 Å². The molecule has 0 aliphatic heterocycles. The minimum Gasteiger partial charge on any atom is -0.327 e. The largest absolute Gasteiger partial charge is 0.327 e. The first-order valence-electron chi connectivity index (χ1n) is 4.55. The van der Waals surface area contributed by atoms with Gasteiger partial charge in [0.25, 0.3) is 0 Å². The molecule has 1 nitrogen and oxygen atoms in total. The average Bonchev–Trinajstić information content (AvgIpc) is 2.09. The van der Waals surface area contributed by atoms with Gasteiger partial charge in [0.05, 0.1) is 5.02 Å². The van der Waals surface area contributed by atoms with Crippen molar-refractivity contribution in [2.45, 2.75) is 18.9 Å². The molecule has 0 aromatic heterocycles. The highest BCUT2D eigenvalue weighted by Crippen LogP contribution is 2.27. The molecule has 0 atom stereocenters. The summed E-state index contributed by atoms with van der Waals surface area (Å²) in [6, 6.07) is 5.04. The molecular weight excluding hydrogens is 201 g/mol. The standard InChI is InChI=1S/C11H11ClFN/c12-10-6-7(1-2-11(10)13)3-8-4-9(14)5-8/h1-3,6,9H,4-5,14H2. The summed E-state index contributed by atoms with van der Waals surface area (Å²) in [4.78, 5) is 0. The molecule has 0 spiro atoms. The van der Waals surface area contributed by atoms with E-state index in [1.807, 2.05) is 6.08 Å². The maximum absolute atomic E-state index is 12.8. The number of rotatable bonds is 1. The first-order valence-corrected chi connectivity index (χ1v) is 4.93. The van der Waals surface area contributed by atoms with Crippen molar-refractivity contribution in [2.75, 3.05) is 0 Å². The molecule has 2 rings (SSSR count). The van der Waals surface area contributed by atoms with Crippen LogP contribution in [-0.4, -0.2) is 6.04 Å². The monoisotopic (exact) mass is 211 g/mol. The highest BCUT2D eigenvalue weighted by atomic mass is 35.5. The SMILES string of the molecule is NC1CC(=Cc2ccc(F)c(Cl)c2)C1. The summed E-state index contributed by atoms with van der Waals surface area (Å²) in [5.41, 5.74) is 7.90. The van der Waals surface area contributed by atoms with E-state index in [0.29, 0.717) is 6.04 Å². The van der Waals surface area contributed by atoms with Crippen LogP contribution >= 0.6 is 11.6 Å². The van der Waals surface area contributed by atoms with Crippen molar-refractivity contribution >= 4 is 17.7 Å².